The van der Waals surface area contributed by atoms with Crippen molar-refractivity contribution in [1.82, 2.24) is 0 Å². The van der Waals surface area contributed by atoms with Gasteiger partial charge >= 0.3 is 0 Å². The van der Waals surface area contributed by atoms with Gasteiger partial charge in [-0.25, -0.2) is 0 Å². The first-order valence-corrected chi connectivity index (χ1v) is 5.65. The van der Waals surface area contributed by atoms with E-state index in [9.17, 15) is 9.90 Å². The first-order valence-electron chi connectivity index (χ1n) is 5.65. The molecule has 0 fully saturated rings. The summed E-state index contributed by atoms with van der Waals surface area (Å²) in [4.78, 5) is 10.7. The lowest BCUT2D eigenvalue weighted by molar-refractivity contribution is -0.255. The van der Waals surface area contributed by atoms with Gasteiger partial charge in [0.2, 0.25) is 0 Å². The second kappa shape index (κ2) is 6.13. The highest BCUT2D eigenvalue weighted by molar-refractivity contribution is 5.86. The molecule has 17 heavy (non-hydrogen) atoms. The Morgan fingerprint density at radius 2 is 2.00 bits per heavy atom. The molecule has 0 aliphatic heterocycles. The number of ether oxygens (including phenoxy) is 2. The van der Waals surface area contributed by atoms with Gasteiger partial charge in [0.1, 0.15) is 0 Å². The van der Waals surface area contributed by atoms with Crippen LogP contribution in [0.25, 0.3) is 0 Å². The van der Waals surface area contributed by atoms with Gasteiger partial charge in [0, 0.05) is 5.56 Å². The standard InChI is InChI=1S/C13H18O4/c1-4-16-12-7-10(13(14)15)5-6-11(12)17-8-9(2)3/h5-7,9H,4,8H2,1-3H3,(H,14,15)/p-1. The second-order valence-corrected chi connectivity index (χ2v) is 4.09. The number of hydrogen-bond donors (Lipinski definition) is 0. The molecule has 0 unspecified atom stereocenters. The molecule has 0 aromatic heterocycles. The molecule has 0 atom stereocenters. The van der Waals surface area contributed by atoms with Gasteiger partial charge in [-0.15, -0.1) is 0 Å². The molecule has 0 saturated heterocycles. The van der Waals surface area contributed by atoms with Crippen LogP contribution in [0.1, 0.15) is 31.1 Å². The van der Waals surface area contributed by atoms with Crippen LogP contribution in [0.4, 0.5) is 0 Å². The van der Waals surface area contributed by atoms with E-state index < -0.39 is 5.97 Å². The lowest BCUT2D eigenvalue weighted by Gasteiger charge is -2.14. The summed E-state index contributed by atoms with van der Waals surface area (Å²) in [5.74, 6) is 0.173. The predicted octanol–water partition coefficient (Wildman–Crippen LogP) is 1.48. The van der Waals surface area contributed by atoms with Crippen molar-refractivity contribution in [3.63, 3.8) is 0 Å². The van der Waals surface area contributed by atoms with Gasteiger partial charge in [-0.1, -0.05) is 13.8 Å². The van der Waals surface area contributed by atoms with Crippen molar-refractivity contribution in [1.29, 1.82) is 0 Å². The van der Waals surface area contributed by atoms with Crippen LogP contribution in [0.15, 0.2) is 18.2 Å². The molecule has 0 bridgehead atoms. The average molecular weight is 237 g/mol. The molecule has 1 aromatic rings. The van der Waals surface area contributed by atoms with Gasteiger partial charge in [0.05, 0.1) is 19.2 Å². The third-order valence-corrected chi connectivity index (χ3v) is 2.05. The third-order valence-electron chi connectivity index (χ3n) is 2.05. The fourth-order valence-corrected chi connectivity index (χ4v) is 1.28. The van der Waals surface area contributed by atoms with E-state index in [1.165, 1.54) is 12.1 Å². The Balaban J connectivity index is 2.91. The minimum atomic E-state index is -1.22. The number of rotatable bonds is 6. The lowest BCUT2D eigenvalue weighted by atomic mass is 10.2. The smallest absolute Gasteiger partial charge is 0.161 e. The number of carbonyl (C=O) groups is 1. The quantitative estimate of drug-likeness (QED) is 0.752. The van der Waals surface area contributed by atoms with Gasteiger partial charge in [-0.2, -0.15) is 0 Å². The number of aromatic carboxylic acids is 1. The summed E-state index contributed by atoms with van der Waals surface area (Å²) in [6, 6.07) is 4.47. The molecule has 0 saturated carbocycles. The van der Waals surface area contributed by atoms with Crippen molar-refractivity contribution in [2.45, 2.75) is 20.8 Å². The minimum Gasteiger partial charge on any atom is -0.545 e. The normalized spacial score (nSPS) is 10.4. The predicted molar refractivity (Wildman–Crippen MR) is 62.3 cm³/mol. The van der Waals surface area contributed by atoms with Gasteiger partial charge < -0.3 is 19.4 Å². The molecular formula is C13H17O4-. The molecule has 0 amide bonds. The maximum Gasteiger partial charge on any atom is 0.161 e. The SMILES string of the molecule is CCOc1cc(C(=O)[O-])ccc1OCC(C)C. The first-order chi connectivity index (χ1) is 8.04. The monoisotopic (exact) mass is 237 g/mol. The summed E-state index contributed by atoms with van der Waals surface area (Å²) in [5.41, 5.74) is 0.0883. The van der Waals surface area contributed by atoms with E-state index in [2.05, 4.69) is 0 Å². The fourth-order valence-electron chi connectivity index (χ4n) is 1.28. The van der Waals surface area contributed by atoms with Crippen LogP contribution < -0.4 is 14.6 Å². The van der Waals surface area contributed by atoms with E-state index in [-0.39, 0.29) is 5.56 Å². The molecule has 94 valence electrons. The Kier molecular flexibility index (Phi) is 4.82. The van der Waals surface area contributed by atoms with Gasteiger partial charge in [-0.05, 0) is 31.0 Å². The van der Waals surface area contributed by atoms with E-state index in [4.69, 9.17) is 9.47 Å². The Bertz CT molecular complexity index is 385. The van der Waals surface area contributed by atoms with Gasteiger partial charge in [-0.3, -0.25) is 0 Å². The molecule has 4 nitrogen and oxygen atoms in total. The zero-order valence-corrected chi connectivity index (χ0v) is 10.4. The van der Waals surface area contributed by atoms with Crippen LogP contribution in [-0.4, -0.2) is 19.2 Å². The molecule has 0 N–H and O–H groups in total. The molecule has 0 aliphatic carbocycles. The summed E-state index contributed by atoms with van der Waals surface area (Å²) in [7, 11) is 0. The van der Waals surface area contributed by atoms with Crippen LogP contribution in [0.3, 0.4) is 0 Å². The maximum atomic E-state index is 10.7. The zero-order chi connectivity index (χ0) is 12.8. The van der Waals surface area contributed by atoms with Crippen molar-refractivity contribution >= 4 is 5.97 Å². The number of carboxylic acids is 1. The highest BCUT2D eigenvalue weighted by Crippen LogP contribution is 2.28. The van der Waals surface area contributed by atoms with E-state index in [1.54, 1.807) is 6.07 Å². The first kappa shape index (κ1) is 13.4. The number of hydrogen-bond acceptors (Lipinski definition) is 4. The summed E-state index contributed by atoms with van der Waals surface area (Å²) in [6.45, 7) is 6.92. The maximum absolute atomic E-state index is 10.7. The number of carbonyl (C=O) groups excluding carboxylic acids is 1. The largest absolute Gasteiger partial charge is 0.545 e. The molecule has 1 aromatic carbocycles. The highest BCUT2D eigenvalue weighted by Gasteiger charge is 2.07. The Morgan fingerprint density at radius 3 is 2.53 bits per heavy atom. The average Bonchev–Trinajstić information content (AvgIpc) is 2.27. The van der Waals surface area contributed by atoms with E-state index in [0.29, 0.717) is 30.6 Å². The van der Waals surface area contributed by atoms with Crippen molar-refractivity contribution in [3.05, 3.63) is 23.8 Å². The third kappa shape index (κ3) is 3.98. The number of benzene rings is 1. The second-order valence-electron chi connectivity index (χ2n) is 4.09. The van der Waals surface area contributed by atoms with Crippen molar-refractivity contribution < 1.29 is 19.4 Å². The number of carboxylic acid groups (broad SMARTS) is 1. The molecule has 1 rings (SSSR count). The fraction of sp³-hybridized carbons (Fsp3) is 0.462. The van der Waals surface area contributed by atoms with Crippen molar-refractivity contribution in [2.24, 2.45) is 5.92 Å². The lowest BCUT2D eigenvalue weighted by Crippen LogP contribution is -2.22. The Labute approximate surface area is 101 Å². The van der Waals surface area contributed by atoms with Crippen LogP contribution >= 0.6 is 0 Å². The summed E-state index contributed by atoms with van der Waals surface area (Å²) in [6.07, 6.45) is 0. The van der Waals surface area contributed by atoms with Crippen LogP contribution in [0, 0.1) is 5.92 Å². The molecule has 4 heteroatoms. The Hall–Kier alpha value is -1.71. The molecular weight excluding hydrogens is 220 g/mol. The van der Waals surface area contributed by atoms with Crippen molar-refractivity contribution in [3.8, 4) is 11.5 Å². The van der Waals surface area contributed by atoms with E-state index >= 15 is 0 Å². The van der Waals surface area contributed by atoms with Crippen LogP contribution in [-0.2, 0) is 0 Å². The molecule has 0 spiro atoms. The molecule has 0 radical (unpaired) electrons. The van der Waals surface area contributed by atoms with Gasteiger partial charge in [0.15, 0.2) is 11.5 Å². The molecule has 0 heterocycles. The van der Waals surface area contributed by atoms with E-state index in [1.807, 2.05) is 20.8 Å². The topological polar surface area (TPSA) is 58.6 Å². The summed E-state index contributed by atoms with van der Waals surface area (Å²) < 4.78 is 10.9. The summed E-state index contributed by atoms with van der Waals surface area (Å²) >= 11 is 0. The summed E-state index contributed by atoms with van der Waals surface area (Å²) in [5, 5.41) is 10.7. The minimum absolute atomic E-state index is 0.0883. The zero-order valence-electron chi connectivity index (χ0n) is 10.4. The van der Waals surface area contributed by atoms with Crippen molar-refractivity contribution in [2.75, 3.05) is 13.2 Å². The van der Waals surface area contributed by atoms with Crippen LogP contribution in [0.5, 0.6) is 11.5 Å². The molecule has 0 aliphatic rings. The van der Waals surface area contributed by atoms with E-state index in [0.717, 1.165) is 0 Å². The highest BCUT2D eigenvalue weighted by atomic mass is 16.5. The van der Waals surface area contributed by atoms with Gasteiger partial charge in [0.25, 0.3) is 0 Å². The Morgan fingerprint density at radius 1 is 1.29 bits per heavy atom. The van der Waals surface area contributed by atoms with Crippen LogP contribution in [0.2, 0.25) is 0 Å².